The van der Waals surface area contributed by atoms with Crippen LogP contribution in [0.4, 0.5) is 4.39 Å². The largest absolute Gasteiger partial charge is 0.342 e. The van der Waals surface area contributed by atoms with E-state index in [1.54, 1.807) is 18.3 Å². The number of fused-ring (bicyclic) bond motifs is 1. The summed E-state index contributed by atoms with van der Waals surface area (Å²) in [5.41, 5.74) is 2.40. The first kappa shape index (κ1) is 16.8. The van der Waals surface area contributed by atoms with Crippen LogP contribution >= 0.6 is 0 Å². The van der Waals surface area contributed by atoms with E-state index in [1.165, 1.54) is 25.0 Å². The van der Waals surface area contributed by atoms with Crippen LogP contribution in [-0.4, -0.2) is 28.9 Å². The van der Waals surface area contributed by atoms with Crippen molar-refractivity contribution in [1.29, 1.82) is 0 Å². The molecule has 132 valence electrons. The van der Waals surface area contributed by atoms with Crippen molar-refractivity contribution in [2.45, 2.75) is 37.6 Å². The number of hydrogen-bond donors (Lipinski definition) is 0. The van der Waals surface area contributed by atoms with Gasteiger partial charge in [-0.1, -0.05) is 24.7 Å². The monoisotopic (exact) mass is 348 g/mol. The SMILES string of the molecule is CN1C(=O)C(c2ccc(C#Cc3ccc(F)cc3)cn2)C2CCCC[C@@H]21. The van der Waals surface area contributed by atoms with Gasteiger partial charge in [-0.15, -0.1) is 0 Å². The van der Waals surface area contributed by atoms with E-state index < -0.39 is 0 Å². The number of halogens is 1. The van der Waals surface area contributed by atoms with Crippen molar-refractivity contribution >= 4 is 5.91 Å². The van der Waals surface area contributed by atoms with Gasteiger partial charge in [0.15, 0.2) is 0 Å². The van der Waals surface area contributed by atoms with Crippen molar-refractivity contribution in [2.75, 3.05) is 7.05 Å². The normalized spacial score (nSPS) is 24.8. The Morgan fingerprint density at radius 3 is 2.46 bits per heavy atom. The lowest BCUT2D eigenvalue weighted by Gasteiger charge is -2.29. The van der Waals surface area contributed by atoms with Crippen molar-refractivity contribution in [3.05, 3.63) is 65.2 Å². The van der Waals surface area contributed by atoms with Gasteiger partial charge < -0.3 is 4.90 Å². The minimum absolute atomic E-state index is 0.121. The standard InChI is InChI=1S/C22H21FN2O/c1-25-20-5-3-2-4-18(20)21(22(25)26)19-13-10-16(14-24-19)7-6-15-8-11-17(23)12-9-15/h8-14,18,20-21H,2-5H2,1H3/t18?,20-,21?/m0/s1. The lowest BCUT2D eigenvalue weighted by atomic mass is 9.78. The molecule has 1 aromatic carbocycles. The van der Waals surface area contributed by atoms with Gasteiger partial charge in [0.2, 0.25) is 5.91 Å². The van der Waals surface area contributed by atoms with Gasteiger partial charge in [0.25, 0.3) is 0 Å². The molecule has 2 aromatic rings. The molecule has 3 nitrogen and oxygen atoms in total. The molecule has 1 aliphatic heterocycles. The average molecular weight is 348 g/mol. The van der Waals surface area contributed by atoms with Crippen LogP contribution < -0.4 is 0 Å². The highest BCUT2D eigenvalue weighted by Crippen LogP contribution is 2.44. The predicted octanol–water partition coefficient (Wildman–Crippen LogP) is 3.73. The number of carbonyl (C=O) groups is 1. The maximum atomic E-state index is 12.9. The molecule has 1 saturated heterocycles. The molecule has 1 aliphatic carbocycles. The molecule has 0 spiro atoms. The van der Waals surface area contributed by atoms with Gasteiger partial charge in [0.1, 0.15) is 5.82 Å². The Bertz CT molecular complexity index is 864. The van der Waals surface area contributed by atoms with Gasteiger partial charge in [-0.05, 0) is 55.2 Å². The zero-order valence-corrected chi connectivity index (χ0v) is 14.8. The molecule has 1 amide bonds. The molecule has 4 rings (SSSR count). The minimum Gasteiger partial charge on any atom is -0.342 e. The Morgan fingerprint density at radius 1 is 1.04 bits per heavy atom. The smallest absolute Gasteiger partial charge is 0.232 e. The molecular formula is C22H21FN2O. The quantitative estimate of drug-likeness (QED) is 0.736. The Labute approximate surface area is 153 Å². The number of benzene rings is 1. The fourth-order valence-electron chi connectivity index (χ4n) is 4.26. The van der Waals surface area contributed by atoms with E-state index >= 15 is 0 Å². The highest BCUT2D eigenvalue weighted by molar-refractivity contribution is 5.86. The number of likely N-dealkylation sites (tertiary alicyclic amines) is 1. The molecule has 0 bridgehead atoms. The molecule has 3 atom stereocenters. The van der Waals surface area contributed by atoms with Gasteiger partial charge in [0, 0.05) is 30.4 Å². The predicted molar refractivity (Wildman–Crippen MR) is 97.9 cm³/mol. The summed E-state index contributed by atoms with van der Waals surface area (Å²) in [7, 11) is 1.92. The number of pyridine rings is 1. The van der Waals surface area contributed by atoms with Gasteiger partial charge in [-0.25, -0.2) is 4.39 Å². The molecule has 1 saturated carbocycles. The van der Waals surface area contributed by atoms with Crippen LogP contribution in [0, 0.1) is 23.6 Å². The lowest BCUT2D eigenvalue weighted by Crippen LogP contribution is -2.33. The van der Waals surface area contributed by atoms with Crippen LogP contribution in [0.5, 0.6) is 0 Å². The average Bonchev–Trinajstić information content (AvgIpc) is 2.93. The topological polar surface area (TPSA) is 33.2 Å². The van der Waals surface area contributed by atoms with Gasteiger partial charge >= 0.3 is 0 Å². The molecule has 2 fully saturated rings. The third kappa shape index (κ3) is 3.10. The number of rotatable bonds is 1. The third-order valence-corrected chi connectivity index (χ3v) is 5.62. The van der Waals surface area contributed by atoms with E-state index in [9.17, 15) is 9.18 Å². The summed E-state index contributed by atoms with van der Waals surface area (Å²) in [5, 5.41) is 0. The molecule has 0 N–H and O–H groups in total. The van der Waals surface area contributed by atoms with Crippen molar-refractivity contribution < 1.29 is 9.18 Å². The number of aromatic nitrogens is 1. The molecule has 4 heteroatoms. The molecule has 2 aliphatic rings. The summed E-state index contributed by atoms with van der Waals surface area (Å²) >= 11 is 0. The van der Waals surface area contributed by atoms with Crippen molar-refractivity contribution in [3.8, 4) is 11.8 Å². The zero-order valence-electron chi connectivity index (χ0n) is 14.8. The third-order valence-electron chi connectivity index (χ3n) is 5.62. The van der Waals surface area contributed by atoms with Gasteiger partial charge in [-0.3, -0.25) is 9.78 Å². The number of hydrogen-bond acceptors (Lipinski definition) is 2. The zero-order chi connectivity index (χ0) is 18.1. The maximum absolute atomic E-state index is 12.9. The van der Waals surface area contributed by atoms with Crippen LogP contribution in [0.15, 0.2) is 42.6 Å². The Morgan fingerprint density at radius 2 is 1.73 bits per heavy atom. The van der Waals surface area contributed by atoms with E-state index in [4.69, 9.17) is 0 Å². The fraction of sp³-hybridized carbons (Fsp3) is 0.364. The van der Waals surface area contributed by atoms with Crippen molar-refractivity contribution in [1.82, 2.24) is 9.88 Å². The number of nitrogens with zero attached hydrogens (tertiary/aromatic N) is 2. The molecular weight excluding hydrogens is 327 g/mol. The minimum atomic E-state index is -0.270. The van der Waals surface area contributed by atoms with Gasteiger partial charge in [0.05, 0.1) is 11.6 Å². The molecule has 0 radical (unpaired) electrons. The number of carbonyl (C=O) groups excluding carboxylic acids is 1. The summed E-state index contributed by atoms with van der Waals surface area (Å²) in [5.74, 6) is 6.23. The van der Waals surface area contributed by atoms with Crippen molar-refractivity contribution in [3.63, 3.8) is 0 Å². The first-order valence-corrected chi connectivity index (χ1v) is 9.14. The first-order chi connectivity index (χ1) is 12.6. The Balaban J connectivity index is 1.54. The van der Waals surface area contributed by atoms with Crippen LogP contribution in [0.25, 0.3) is 0 Å². The van der Waals surface area contributed by atoms with Crippen LogP contribution in [-0.2, 0) is 4.79 Å². The van der Waals surface area contributed by atoms with Crippen LogP contribution in [0.2, 0.25) is 0 Å². The van der Waals surface area contributed by atoms with E-state index in [0.717, 1.165) is 29.7 Å². The second-order valence-electron chi connectivity index (χ2n) is 7.17. The Hall–Kier alpha value is -2.67. The highest BCUT2D eigenvalue weighted by atomic mass is 19.1. The van der Waals surface area contributed by atoms with E-state index in [2.05, 4.69) is 16.8 Å². The second-order valence-corrected chi connectivity index (χ2v) is 7.17. The number of likely N-dealkylation sites (N-methyl/N-ethyl adjacent to an activating group) is 1. The summed E-state index contributed by atoms with van der Waals surface area (Å²) in [6, 6.07) is 10.3. The molecule has 2 heterocycles. The first-order valence-electron chi connectivity index (χ1n) is 9.14. The molecule has 1 aromatic heterocycles. The van der Waals surface area contributed by atoms with Crippen LogP contribution in [0.1, 0.15) is 48.4 Å². The number of amides is 1. The molecule has 2 unspecified atom stereocenters. The molecule has 26 heavy (non-hydrogen) atoms. The second kappa shape index (κ2) is 6.92. The summed E-state index contributed by atoms with van der Waals surface area (Å²) in [4.78, 5) is 19.2. The maximum Gasteiger partial charge on any atom is 0.232 e. The van der Waals surface area contributed by atoms with E-state index in [-0.39, 0.29) is 17.6 Å². The summed E-state index contributed by atoms with van der Waals surface area (Å²) in [6.45, 7) is 0. The lowest BCUT2D eigenvalue weighted by molar-refractivity contribution is -0.128. The van der Waals surface area contributed by atoms with E-state index in [1.807, 2.05) is 24.1 Å². The van der Waals surface area contributed by atoms with E-state index in [0.29, 0.717) is 12.0 Å². The van der Waals surface area contributed by atoms with Crippen LogP contribution in [0.3, 0.4) is 0 Å². The summed E-state index contributed by atoms with van der Waals surface area (Å²) < 4.78 is 12.9. The van der Waals surface area contributed by atoms with Crippen molar-refractivity contribution in [2.24, 2.45) is 5.92 Å². The highest BCUT2D eigenvalue weighted by Gasteiger charge is 2.48. The fourth-order valence-corrected chi connectivity index (χ4v) is 4.26. The Kier molecular flexibility index (Phi) is 4.46. The van der Waals surface area contributed by atoms with Gasteiger partial charge in [-0.2, -0.15) is 0 Å². The summed E-state index contributed by atoms with van der Waals surface area (Å²) in [6.07, 6.45) is 6.33.